The monoisotopic (exact) mass is 489 g/mol. The largest absolute Gasteiger partial charge is 0.454 e. The summed E-state index contributed by atoms with van der Waals surface area (Å²) in [6, 6.07) is 5.95. The molecule has 4 amide bonds. The first-order valence-corrected chi connectivity index (χ1v) is 11.8. The summed E-state index contributed by atoms with van der Waals surface area (Å²) in [5.41, 5.74) is 0.205. The topological polar surface area (TPSA) is 113 Å². The van der Waals surface area contributed by atoms with E-state index in [0.29, 0.717) is 12.3 Å². The molecule has 1 aromatic carbocycles. The van der Waals surface area contributed by atoms with Crippen LogP contribution < -0.4 is 20.1 Å². The van der Waals surface area contributed by atoms with Crippen LogP contribution in [0, 0.1) is 11.7 Å². The molecule has 1 heterocycles. The van der Waals surface area contributed by atoms with Gasteiger partial charge >= 0.3 is 12.1 Å². The lowest BCUT2D eigenvalue weighted by Crippen LogP contribution is -2.27. The number of hydrogen-bond acceptors (Lipinski definition) is 6. The van der Waals surface area contributed by atoms with Crippen molar-refractivity contribution in [3.8, 4) is 11.5 Å². The quantitative estimate of drug-likeness (QED) is 0.470. The fourth-order valence-electron chi connectivity index (χ4n) is 3.48. The number of rotatable bonds is 6. The Morgan fingerprint density at radius 1 is 1.12 bits per heavy atom. The van der Waals surface area contributed by atoms with Gasteiger partial charge in [0.15, 0.2) is 11.6 Å². The van der Waals surface area contributed by atoms with E-state index in [1.54, 1.807) is 14.1 Å². The molecule has 3 rings (SSSR count). The van der Waals surface area contributed by atoms with Crippen molar-refractivity contribution in [2.75, 3.05) is 24.7 Å². The van der Waals surface area contributed by atoms with E-state index in [4.69, 9.17) is 4.74 Å². The molecule has 1 fully saturated rings. The molecule has 0 unspecified atom stereocenters. The van der Waals surface area contributed by atoms with Gasteiger partial charge in [-0.3, -0.25) is 14.8 Å². The van der Waals surface area contributed by atoms with Gasteiger partial charge in [-0.25, -0.2) is 19.0 Å². The minimum Gasteiger partial charge on any atom is -0.454 e. The third-order valence-electron chi connectivity index (χ3n) is 5.23. The zero-order chi connectivity index (χ0) is 24.5. The summed E-state index contributed by atoms with van der Waals surface area (Å²) in [5, 5.41) is 4.98. The van der Waals surface area contributed by atoms with Crippen LogP contribution in [0.1, 0.15) is 38.5 Å². The molecule has 11 heteroatoms. The second-order valence-electron chi connectivity index (χ2n) is 8.19. The molecule has 0 saturated heterocycles. The molecular formula is C23H28FN5O4S. The Morgan fingerprint density at radius 2 is 1.88 bits per heavy atom. The van der Waals surface area contributed by atoms with Crippen molar-refractivity contribution in [2.24, 2.45) is 5.92 Å². The second kappa shape index (κ2) is 12.2. The Morgan fingerprint density at radius 3 is 2.59 bits per heavy atom. The van der Waals surface area contributed by atoms with E-state index in [1.165, 1.54) is 41.8 Å². The Kier molecular flexibility index (Phi) is 9.08. The van der Waals surface area contributed by atoms with Gasteiger partial charge in [0.05, 0.1) is 0 Å². The number of carbonyl (C=O) groups excluding carboxylic acids is 3. The lowest BCUT2D eigenvalue weighted by Gasteiger charge is -2.20. The van der Waals surface area contributed by atoms with Gasteiger partial charge in [-0.15, -0.1) is 0 Å². The molecule has 1 aliphatic rings. The summed E-state index contributed by atoms with van der Waals surface area (Å²) < 4.78 is 22.5. The van der Waals surface area contributed by atoms with Gasteiger partial charge in [0.25, 0.3) is 0 Å². The third-order valence-corrected chi connectivity index (χ3v) is 5.91. The lowest BCUT2D eigenvalue weighted by atomic mass is 9.87. The SMILES string of the molecule is CN(C)C(=O)Nc1cc(Oc2ccc(NC(=O)NSC(=O)CC3CCCCC3)cc2F)ccn1. The van der Waals surface area contributed by atoms with Crippen molar-refractivity contribution >= 4 is 40.6 Å². The lowest BCUT2D eigenvalue weighted by molar-refractivity contribution is -0.112. The van der Waals surface area contributed by atoms with E-state index in [1.807, 2.05) is 0 Å². The van der Waals surface area contributed by atoms with Crippen LogP contribution in [0.5, 0.6) is 11.5 Å². The summed E-state index contributed by atoms with van der Waals surface area (Å²) in [7, 11) is 3.18. The minimum absolute atomic E-state index is 0.0703. The molecule has 1 aromatic heterocycles. The number of anilines is 2. The van der Waals surface area contributed by atoms with Crippen molar-refractivity contribution in [2.45, 2.75) is 38.5 Å². The zero-order valence-electron chi connectivity index (χ0n) is 19.1. The molecule has 1 aliphatic carbocycles. The highest BCUT2D eigenvalue weighted by Crippen LogP contribution is 2.29. The molecular weight excluding hydrogens is 461 g/mol. The average Bonchev–Trinajstić information content (AvgIpc) is 2.80. The molecule has 3 N–H and O–H groups in total. The van der Waals surface area contributed by atoms with Gasteiger partial charge in [-0.05, 0) is 37.0 Å². The van der Waals surface area contributed by atoms with E-state index >= 15 is 0 Å². The van der Waals surface area contributed by atoms with Crippen LogP contribution in [0.25, 0.3) is 0 Å². The fraction of sp³-hybridized carbons (Fsp3) is 0.391. The average molecular weight is 490 g/mol. The Balaban J connectivity index is 1.50. The molecule has 34 heavy (non-hydrogen) atoms. The number of halogens is 1. The molecule has 2 aromatic rings. The van der Waals surface area contributed by atoms with Crippen LogP contribution in [0.3, 0.4) is 0 Å². The van der Waals surface area contributed by atoms with Gasteiger partial charge in [-0.1, -0.05) is 19.3 Å². The first-order valence-electron chi connectivity index (χ1n) is 11.0. The van der Waals surface area contributed by atoms with E-state index in [0.717, 1.165) is 43.7 Å². The van der Waals surface area contributed by atoms with E-state index in [9.17, 15) is 18.8 Å². The number of urea groups is 2. The smallest absolute Gasteiger partial charge is 0.329 e. The van der Waals surface area contributed by atoms with Gasteiger partial charge in [0.1, 0.15) is 11.6 Å². The van der Waals surface area contributed by atoms with E-state index < -0.39 is 11.8 Å². The molecule has 1 saturated carbocycles. The molecule has 9 nitrogen and oxygen atoms in total. The predicted octanol–water partition coefficient (Wildman–Crippen LogP) is 5.37. The van der Waals surface area contributed by atoms with Gasteiger partial charge in [-0.2, -0.15) is 0 Å². The Hall–Kier alpha value is -3.34. The number of carbonyl (C=O) groups is 3. The van der Waals surface area contributed by atoms with Gasteiger partial charge in [0, 0.05) is 56.5 Å². The van der Waals surface area contributed by atoms with Crippen molar-refractivity contribution in [1.82, 2.24) is 14.6 Å². The van der Waals surface area contributed by atoms with Crippen molar-refractivity contribution in [3.05, 3.63) is 42.3 Å². The first-order chi connectivity index (χ1) is 16.3. The van der Waals surface area contributed by atoms with Crippen molar-refractivity contribution < 1.29 is 23.5 Å². The number of ether oxygens (including phenoxy) is 1. The van der Waals surface area contributed by atoms with Gasteiger partial charge < -0.3 is 15.0 Å². The summed E-state index contributed by atoms with van der Waals surface area (Å²) in [6.07, 6.45) is 7.49. The highest BCUT2D eigenvalue weighted by molar-refractivity contribution is 8.12. The number of nitrogens with one attached hydrogen (secondary N) is 3. The first kappa shape index (κ1) is 25.3. The van der Waals surface area contributed by atoms with Crippen LogP contribution in [-0.4, -0.2) is 41.2 Å². The number of pyridine rings is 1. The zero-order valence-corrected chi connectivity index (χ0v) is 19.9. The summed E-state index contributed by atoms with van der Waals surface area (Å²) in [5.74, 6) is 0.144. The number of aromatic nitrogens is 1. The second-order valence-corrected chi connectivity index (χ2v) is 9.05. The molecule has 0 bridgehead atoms. The molecule has 182 valence electrons. The van der Waals surface area contributed by atoms with E-state index in [-0.39, 0.29) is 34.2 Å². The maximum Gasteiger partial charge on any atom is 0.329 e. The van der Waals surface area contributed by atoms with Crippen molar-refractivity contribution in [1.29, 1.82) is 0 Å². The molecule has 0 atom stereocenters. The molecule has 0 radical (unpaired) electrons. The number of benzene rings is 1. The highest BCUT2D eigenvalue weighted by atomic mass is 32.2. The van der Waals surface area contributed by atoms with Crippen LogP contribution in [0.15, 0.2) is 36.5 Å². The third kappa shape index (κ3) is 7.91. The van der Waals surface area contributed by atoms with Crippen molar-refractivity contribution in [3.63, 3.8) is 0 Å². The Labute approximate surface area is 202 Å². The predicted molar refractivity (Wildman–Crippen MR) is 129 cm³/mol. The minimum atomic E-state index is -0.700. The van der Waals surface area contributed by atoms with Crippen LogP contribution in [0.2, 0.25) is 0 Å². The molecule has 0 spiro atoms. The number of hydrogen-bond donors (Lipinski definition) is 3. The highest BCUT2D eigenvalue weighted by Gasteiger charge is 2.18. The fourth-order valence-corrected chi connectivity index (χ4v) is 4.06. The molecule has 0 aliphatic heterocycles. The summed E-state index contributed by atoms with van der Waals surface area (Å²) >= 11 is 0.755. The van der Waals surface area contributed by atoms with Gasteiger partial charge in [0.2, 0.25) is 5.12 Å². The van der Waals surface area contributed by atoms with Crippen LogP contribution >= 0.6 is 11.9 Å². The normalized spacial score (nSPS) is 13.6. The number of nitrogens with zero attached hydrogens (tertiary/aromatic N) is 2. The van der Waals surface area contributed by atoms with Crippen LogP contribution in [-0.2, 0) is 4.79 Å². The summed E-state index contributed by atoms with van der Waals surface area (Å²) in [6.45, 7) is 0. The van der Waals surface area contributed by atoms with E-state index in [2.05, 4.69) is 20.3 Å². The number of amides is 4. The maximum atomic E-state index is 14.5. The summed E-state index contributed by atoms with van der Waals surface area (Å²) in [4.78, 5) is 41.3. The standard InChI is InChI=1S/C23H28FN5O4S/c1-29(2)23(32)27-20-14-17(10-11-25-20)33-19-9-8-16(13-18(19)24)26-22(31)28-34-21(30)12-15-6-4-3-5-7-15/h8-11,13-15H,3-7,12H2,1-2H3,(H,25,27,32)(H2,26,28,31). The maximum absolute atomic E-state index is 14.5. The Bertz CT molecular complexity index is 1030. The van der Waals surface area contributed by atoms with Crippen LogP contribution in [0.4, 0.5) is 25.5 Å².